The Labute approximate surface area is 97.2 Å². The predicted octanol–water partition coefficient (Wildman–Crippen LogP) is 2.17. The summed E-state index contributed by atoms with van der Waals surface area (Å²) < 4.78 is 5.32. The molecule has 1 atom stereocenters. The number of rotatable bonds is 3. The molecule has 1 aromatic rings. The van der Waals surface area contributed by atoms with E-state index in [9.17, 15) is 0 Å². The summed E-state index contributed by atoms with van der Waals surface area (Å²) in [6.45, 7) is 4.29. The number of ether oxygens (including phenoxy) is 1. The van der Waals surface area contributed by atoms with E-state index >= 15 is 0 Å². The number of nitrogens with one attached hydrogen (secondary N) is 2. The van der Waals surface area contributed by atoms with Gasteiger partial charge in [-0.05, 0) is 38.4 Å². The van der Waals surface area contributed by atoms with Gasteiger partial charge in [0.1, 0.15) is 5.75 Å². The highest BCUT2D eigenvalue weighted by Crippen LogP contribution is 2.26. The first-order valence-corrected chi connectivity index (χ1v) is 5.92. The molecule has 16 heavy (non-hydrogen) atoms. The van der Waals surface area contributed by atoms with Gasteiger partial charge in [-0.25, -0.2) is 0 Å². The maximum Gasteiger partial charge on any atom is 0.123 e. The third-order valence-electron chi connectivity index (χ3n) is 3.16. The molecule has 0 bridgehead atoms. The molecular formula is C13H20N2O. The number of hydrogen-bond acceptors (Lipinski definition) is 3. The van der Waals surface area contributed by atoms with Gasteiger partial charge < -0.3 is 15.4 Å². The Hall–Kier alpha value is -1.22. The molecule has 0 aliphatic carbocycles. The number of benzene rings is 1. The summed E-state index contributed by atoms with van der Waals surface area (Å²) >= 11 is 0. The lowest BCUT2D eigenvalue weighted by Crippen LogP contribution is -2.38. The van der Waals surface area contributed by atoms with Gasteiger partial charge in [0, 0.05) is 23.8 Å². The molecule has 1 aliphatic rings. The first kappa shape index (κ1) is 11.3. The van der Waals surface area contributed by atoms with E-state index in [1.807, 2.05) is 12.1 Å². The molecule has 0 aromatic heterocycles. The Morgan fingerprint density at radius 3 is 3.00 bits per heavy atom. The lowest BCUT2D eigenvalue weighted by atomic mass is 10.1. The van der Waals surface area contributed by atoms with Crippen molar-refractivity contribution in [1.29, 1.82) is 0 Å². The third-order valence-corrected chi connectivity index (χ3v) is 3.16. The molecule has 1 saturated heterocycles. The summed E-state index contributed by atoms with van der Waals surface area (Å²) in [6, 6.07) is 6.69. The third kappa shape index (κ3) is 2.47. The average molecular weight is 220 g/mol. The van der Waals surface area contributed by atoms with Gasteiger partial charge in [0.05, 0.1) is 7.11 Å². The molecule has 3 nitrogen and oxygen atoms in total. The molecular weight excluding hydrogens is 200 g/mol. The molecule has 1 fully saturated rings. The molecule has 88 valence electrons. The molecule has 2 N–H and O–H groups in total. The molecule has 3 heteroatoms. The molecule has 2 rings (SSSR count). The van der Waals surface area contributed by atoms with Crippen molar-refractivity contribution in [3.8, 4) is 5.75 Å². The number of anilines is 1. The van der Waals surface area contributed by atoms with E-state index in [1.165, 1.54) is 24.1 Å². The zero-order valence-electron chi connectivity index (χ0n) is 10.0. The first-order valence-electron chi connectivity index (χ1n) is 5.92. The highest BCUT2D eigenvalue weighted by atomic mass is 16.5. The Bertz CT molecular complexity index is 346. The van der Waals surface area contributed by atoms with Crippen LogP contribution in [-0.4, -0.2) is 26.2 Å². The Kier molecular flexibility index (Phi) is 3.67. The molecule has 0 spiro atoms. The topological polar surface area (TPSA) is 33.3 Å². The van der Waals surface area contributed by atoms with Crippen LogP contribution < -0.4 is 15.4 Å². The first-order chi connectivity index (χ1) is 7.81. The van der Waals surface area contributed by atoms with Crippen LogP contribution in [0, 0.1) is 6.92 Å². The Balaban J connectivity index is 2.08. The second-order valence-corrected chi connectivity index (χ2v) is 4.32. The van der Waals surface area contributed by atoms with Crippen molar-refractivity contribution >= 4 is 5.69 Å². The highest BCUT2D eigenvalue weighted by molar-refractivity contribution is 5.57. The van der Waals surface area contributed by atoms with Gasteiger partial charge in [-0.1, -0.05) is 6.07 Å². The highest BCUT2D eigenvalue weighted by Gasteiger charge is 2.14. The van der Waals surface area contributed by atoms with Gasteiger partial charge in [0.15, 0.2) is 0 Å². The van der Waals surface area contributed by atoms with Crippen molar-refractivity contribution in [2.45, 2.75) is 25.8 Å². The zero-order valence-corrected chi connectivity index (χ0v) is 10.0. The van der Waals surface area contributed by atoms with Crippen molar-refractivity contribution in [2.24, 2.45) is 0 Å². The van der Waals surface area contributed by atoms with Crippen LogP contribution in [0.2, 0.25) is 0 Å². The van der Waals surface area contributed by atoms with Crippen molar-refractivity contribution in [3.05, 3.63) is 23.8 Å². The monoisotopic (exact) mass is 220 g/mol. The van der Waals surface area contributed by atoms with Gasteiger partial charge in [-0.15, -0.1) is 0 Å². The van der Waals surface area contributed by atoms with Crippen molar-refractivity contribution < 1.29 is 4.74 Å². The second kappa shape index (κ2) is 5.21. The van der Waals surface area contributed by atoms with Gasteiger partial charge >= 0.3 is 0 Å². The quantitative estimate of drug-likeness (QED) is 0.819. The van der Waals surface area contributed by atoms with Crippen LogP contribution in [0.1, 0.15) is 18.4 Å². The molecule has 1 unspecified atom stereocenters. The Morgan fingerprint density at radius 2 is 2.31 bits per heavy atom. The van der Waals surface area contributed by atoms with E-state index in [0.29, 0.717) is 6.04 Å². The summed E-state index contributed by atoms with van der Waals surface area (Å²) in [5.74, 6) is 0.953. The van der Waals surface area contributed by atoms with Crippen LogP contribution in [0.5, 0.6) is 5.75 Å². The molecule has 1 heterocycles. The van der Waals surface area contributed by atoms with Crippen LogP contribution in [0.25, 0.3) is 0 Å². The minimum atomic E-state index is 0.541. The summed E-state index contributed by atoms with van der Waals surface area (Å²) in [7, 11) is 1.72. The fourth-order valence-electron chi connectivity index (χ4n) is 2.19. The van der Waals surface area contributed by atoms with E-state index in [4.69, 9.17) is 4.74 Å². The van der Waals surface area contributed by atoms with E-state index in [1.54, 1.807) is 7.11 Å². The lowest BCUT2D eigenvalue weighted by molar-refractivity contribution is 0.411. The maximum absolute atomic E-state index is 5.32. The molecule has 0 saturated carbocycles. The number of hydrogen-bond donors (Lipinski definition) is 2. The van der Waals surface area contributed by atoms with E-state index in [0.717, 1.165) is 18.8 Å². The molecule has 0 amide bonds. The van der Waals surface area contributed by atoms with Crippen LogP contribution >= 0.6 is 0 Å². The van der Waals surface area contributed by atoms with Gasteiger partial charge in [0.2, 0.25) is 0 Å². The fraction of sp³-hybridized carbons (Fsp3) is 0.538. The van der Waals surface area contributed by atoms with Crippen molar-refractivity contribution in [2.75, 3.05) is 25.5 Å². The summed E-state index contributed by atoms with van der Waals surface area (Å²) in [6.07, 6.45) is 2.49. The van der Waals surface area contributed by atoms with Crippen molar-refractivity contribution in [3.63, 3.8) is 0 Å². The van der Waals surface area contributed by atoms with Crippen LogP contribution in [0.4, 0.5) is 5.69 Å². The van der Waals surface area contributed by atoms with Crippen LogP contribution in [0.3, 0.4) is 0 Å². The molecule has 1 aromatic carbocycles. The number of methoxy groups -OCH3 is 1. The normalized spacial score (nSPS) is 20.5. The minimum Gasteiger partial charge on any atom is -0.496 e. The lowest BCUT2D eigenvalue weighted by Gasteiger charge is -2.26. The van der Waals surface area contributed by atoms with E-state index in [-0.39, 0.29) is 0 Å². The smallest absolute Gasteiger partial charge is 0.123 e. The van der Waals surface area contributed by atoms with Gasteiger partial charge in [0.25, 0.3) is 0 Å². The molecule has 1 aliphatic heterocycles. The van der Waals surface area contributed by atoms with Crippen LogP contribution in [-0.2, 0) is 0 Å². The Morgan fingerprint density at radius 1 is 1.44 bits per heavy atom. The number of piperidine rings is 1. The van der Waals surface area contributed by atoms with Gasteiger partial charge in [-0.2, -0.15) is 0 Å². The minimum absolute atomic E-state index is 0.541. The zero-order chi connectivity index (χ0) is 11.4. The molecule has 0 radical (unpaired) electrons. The summed E-state index contributed by atoms with van der Waals surface area (Å²) in [5, 5.41) is 6.99. The van der Waals surface area contributed by atoms with Crippen LogP contribution in [0.15, 0.2) is 18.2 Å². The van der Waals surface area contributed by atoms with Crippen molar-refractivity contribution in [1.82, 2.24) is 5.32 Å². The largest absolute Gasteiger partial charge is 0.496 e. The standard InChI is InChI=1S/C13H20N2O/c1-10-12(6-3-7-13(10)16-2)15-11-5-4-8-14-9-11/h3,6-7,11,14-15H,4-5,8-9H2,1-2H3. The average Bonchev–Trinajstić information content (AvgIpc) is 2.33. The van der Waals surface area contributed by atoms with E-state index in [2.05, 4.69) is 23.6 Å². The predicted molar refractivity (Wildman–Crippen MR) is 67.2 cm³/mol. The summed E-state index contributed by atoms with van der Waals surface area (Å²) in [5.41, 5.74) is 2.38. The van der Waals surface area contributed by atoms with E-state index < -0.39 is 0 Å². The second-order valence-electron chi connectivity index (χ2n) is 4.32. The SMILES string of the molecule is COc1cccc(NC2CCCNC2)c1C. The maximum atomic E-state index is 5.32. The fourth-order valence-corrected chi connectivity index (χ4v) is 2.19. The summed E-state index contributed by atoms with van der Waals surface area (Å²) in [4.78, 5) is 0. The van der Waals surface area contributed by atoms with Gasteiger partial charge in [-0.3, -0.25) is 0 Å².